The second-order valence-corrected chi connectivity index (χ2v) is 6.79. The summed E-state index contributed by atoms with van der Waals surface area (Å²) < 4.78 is 0. The van der Waals surface area contributed by atoms with Gasteiger partial charge in [0.05, 0.1) is 6.54 Å². The van der Waals surface area contributed by atoms with E-state index < -0.39 is 0 Å². The molecule has 0 unspecified atom stereocenters. The van der Waals surface area contributed by atoms with E-state index in [2.05, 4.69) is 25.9 Å². The smallest absolute Gasteiger partial charge is 0.274 e. The topological polar surface area (TPSA) is 102 Å². The molecule has 0 saturated heterocycles. The SMILES string of the molecule is CC(=O)Nc1ccc(C(=O)N2Cc3ccccc3C(Nc3cc(C)[nH]n3)=N2)cc1. The monoisotopic (exact) mass is 388 g/mol. The third kappa shape index (κ3) is 4.01. The standard InChI is InChI=1S/C21H20N6O2/c1-13-11-19(25-24-13)23-20-18-6-4-3-5-16(18)12-27(26-20)21(29)15-7-9-17(10-8-15)22-14(2)28/h3-11H,12H2,1-2H3,(H,22,28)(H2,23,24,25,26). The highest BCUT2D eigenvalue weighted by molar-refractivity contribution is 6.10. The van der Waals surface area contributed by atoms with Crippen LogP contribution in [0.25, 0.3) is 0 Å². The Balaban J connectivity index is 1.62. The Kier molecular flexibility index (Phi) is 4.82. The highest BCUT2D eigenvalue weighted by Crippen LogP contribution is 2.22. The molecule has 8 heteroatoms. The molecule has 1 aromatic heterocycles. The van der Waals surface area contributed by atoms with Crippen LogP contribution in [0.15, 0.2) is 59.7 Å². The molecule has 1 aliphatic heterocycles. The lowest BCUT2D eigenvalue weighted by Gasteiger charge is -2.26. The first-order valence-electron chi connectivity index (χ1n) is 9.15. The molecule has 146 valence electrons. The van der Waals surface area contributed by atoms with Crippen molar-refractivity contribution < 1.29 is 9.59 Å². The lowest BCUT2D eigenvalue weighted by molar-refractivity contribution is -0.114. The first-order chi connectivity index (χ1) is 14.0. The van der Waals surface area contributed by atoms with Crippen LogP contribution < -0.4 is 10.6 Å². The number of hydrazone groups is 1. The fraction of sp³-hybridized carbons (Fsp3) is 0.143. The number of aromatic nitrogens is 2. The summed E-state index contributed by atoms with van der Waals surface area (Å²) in [4.78, 5) is 24.2. The van der Waals surface area contributed by atoms with Crippen LogP contribution in [0.3, 0.4) is 0 Å². The van der Waals surface area contributed by atoms with Crippen molar-refractivity contribution in [1.29, 1.82) is 0 Å². The molecule has 0 fully saturated rings. The summed E-state index contributed by atoms with van der Waals surface area (Å²) in [5.74, 6) is 0.795. The van der Waals surface area contributed by atoms with Crippen LogP contribution in [0.1, 0.15) is 34.1 Å². The predicted octanol–water partition coefficient (Wildman–Crippen LogP) is 3.11. The van der Waals surface area contributed by atoms with Crippen LogP contribution >= 0.6 is 0 Å². The largest absolute Gasteiger partial charge is 0.326 e. The van der Waals surface area contributed by atoms with Crippen molar-refractivity contribution in [2.45, 2.75) is 20.4 Å². The van der Waals surface area contributed by atoms with Crippen molar-refractivity contribution in [2.75, 3.05) is 10.6 Å². The van der Waals surface area contributed by atoms with Crippen LogP contribution in [-0.2, 0) is 11.3 Å². The number of rotatable bonds is 3. The van der Waals surface area contributed by atoms with Crippen molar-refractivity contribution in [3.05, 3.63) is 77.0 Å². The van der Waals surface area contributed by atoms with E-state index in [9.17, 15) is 9.59 Å². The lowest BCUT2D eigenvalue weighted by atomic mass is 10.0. The predicted molar refractivity (Wildman–Crippen MR) is 111 cm³/mol. The van der Waals surface area contributed by atoms with E-state index in [1.54, 1.807) is 24.3 Å². The summed E-state index contributed by atoms with van der Waals surface area (Å²) in [5, 5.41) is 18.9. The Morgan fingerprint density at radius 3 is 2.55 bits per heavy atom. The summed E-state index contributed by atoms with van der Waals surface area (Å²) >= 11 is 0. The molecule has 3 aromatic rings. The number of anilines is 2. The first-order valence-corrected chi connectivity index (χ1v) is 9.15. The third-order valence-electron chi connectivity index (χ3n) is 4.45. The van der Waals surface area contributed by atoms with Gasteiger partial charge in [0.25, 0.3) is 5.91 Å². The Morgan fingerprint density at radius 1 is 1.10 bits per heavy atom. The second-order valence-electron chi connectivity index (χ2n) is 6.79. The molecule has 2 amide bonds. The Bertz CT molecular complexity index is 1100. The third-order valence-corrected chi connectivity index (χ3v) is 4.45. The van der Waals surface area contributed by atoms with Crippen LogP contribution in [0.5, 0.6) is 0 Å². The minimum atomic E-state index is -0.230. The molecule has 0 saturated carbocycles. The number of nitrogens with one attached hydrogen (secondary N) is 3. The Morgan fingerprint density at radius 2 is 1.86 bits per heavy atom. The molecule has 0 atom stereocenters. The van der Waals surface area contributed by atoms with Crippen LogP contribution in [0.4, 0.5) is 11.5 Å². The molecule has 8 nitrogen and oxygen atoms in total. The molecular formula is C21H20N6O2. The zero-order chi connectivity index (χ0) is 20.4. The number of benzene rings is 2. The summed E-state index contributed by atoms with van der Waals surface area (Å²) in [6.45, 7) is 3.72. The number of H-pyrrole nitrogens is 1. The zero-order valence-corrected chi connectivity index (χ0v) is 16.1. The Labute approximate surface area is 167 Å². The minimum absolute atomic E-state index is 0.161. The fourth-order valence-electron chi connectivity index (χ4n) is 3.12. The number of fused-ring (bicyclic) bond motifs is 1. The molecule has 1 aliphatic rings. The number of hydrogen-bond donors (Lipinski definition) is 3. The van der Waals surface area contributed by atoms with E-state index in [1.165, 1.54) is 11.9 Å². The second kappa shape index (κ2) is 7.59. The van der Waals surface area contributed by atoms with Gasteiger partial charge in [0.15, 0.2) is 11.7 Å². The fourth-order valence-corrected chi connectivity index (χ4v) is 3.12. The van der Waals surface area contributed by atoms with E-state index in [0.717, 1.165) is 16.8 Å². The molecule has 29 heavy (non-hydrogen) atoms. The summed E-state index contributed by atoms with van der Waals surface area (Å²) in [6, 6.07) is 16.4. The maximum atomic E-state index is 13.0. The van der Waals surface area contributed by atoms with Crippen LogP contribution in [0, 0.1) is 6.92 Å². The number of carbonyl (C=O) groups excluding carboxylic acids is 2. The average Bonchev–Trinajstić information content (AvgIpc) is 3.12. The van der Waals surface area contributed by atoms with Gasteiger partial charge in [-0.15, -0.1) is 0 Å². The molecule has 4 rings (SSSR count). The van der Waals surface area contributed by atoms with Crippen molar-refractivity contribution in [1.82, 2.24) is 15.2 Å². The van der Waals surface area contributed by atoms with Gasteiger partial charge in [-0.25, -0.2) is 5.01 Å². The van der Waals surface area contributed by atoms with Crippen molar-refractivity contribution >= 4 is 29.2 Å². The highest BCUT2D eigenvalue weighted by Gasteiger charge is 2.24. The van der Waals surface area contributed by atoms with E-state index in [4.69, 9.17) is 0 Å². The normalized spacial score (nSPS) is 12.8. The van der Waals surface area contributed by atoms with Crippen LogP contribution in [0.2, 0.25) is 0 Å². The van der Waals surface area contributed by atoms with Crippen molar-refractivity contribution in [3.8, 4) is 0 Å². The summed E-state index contributed by atoms with van der Waals surface area (Å²) in [6.07, 6.45) is 0. The summed E-state index contributed by atoms with van der Waals surface area (Å²) in [7, 11) is 0. The van der Waals surface area contributed by atoms with Gasteiger partial charge in [-0.3, -0.25) is 14.7 Å². The van der Waals surface area contributed by atoms with Gasteiger partial charge in [0.1, 0.15) is 0 Å². The first kappa shape index (κ1) is 18.4. The molecule has 0 spiro atoms. The number of amidine groups is 1. The number of aromatic amines is 1. The van der Waals surface area contributed by atoms with Crippen molar-refractivity contribution in [3.63, 3.8) is 0 Å². The van der Waals surface area contributed by atoms with Gasteiger partial charge in [-0.2, -0.15) is 10.2 Å². The number of amides is 2. The molecule has 0 aliphatic carbocycles. The van der Waals surface area contributed by atoms with Crippen LogP contribution in [-0.4, -0.2) is 32.9 Å². The summed E-state index contributed by atoms with van der Waals surface area (Å²) in [5.41, 5.74) is 3.96. The molecule has 0 radical (unpaired) electrons. The zero-order valence-electron chi connectivity index (χ0n) is 16.1. The van der Waals surface area contributed by atoms with Gasteiger partial charge < -0.3 is 10.6 Å². The van der Waals surface area contributed by atoms with Gasteiger partial charge >= 0.3 is 0 Å². The molecular weight excluding hydrogens is 368 g/mol. The van der Waals surface area contributed by atoms with E-state index >= 15 is 0 Å². The van der Waals surface area contributed by atoms with E-state index in [1.807, 2.05) is 37.3 Å². The highest BCUT2D eigenvalue weighted by atomic mass is 16.2. The molecule has 2 heterocycles. The minimum Gasteiger partial charge on any atom is -0.326 e. The van der Waals surface area contributed by atoms with Gasteiger partial charge in [0.2, 0.25) is 5.91 Å². The van der Waals surface area contributed by atoms with Crippen molar-refractivity contribution in [2.24, 2.45) is 5.10 Å². The average molecular weight is 388 g/mol. The maximum Gasteiger partial charge on any atom is 0.274 e. The molecule has 0 bridgehead atoms. The lowest BCUT2D eigenvalue weighted by Crippen LogP contribution is -2.34. The molecule has 3 N–H and O–H groups in total. The Hall–Kier alpha value is -3.94. The quantitative estimate of drug-likeness (QED) is 0.641. The number of aryl methyl sites for hydroxylation is 1. The maximum absolute atomic E-state index is 13.0. The number of nitrogens with zero attached hydrogens (tertiary/aromatic N) is 3. The van der Waals surface area contributed by atoms with Gasteiger partial charge in [0, 0.05) is 35.5 Å². The number of hydrogen-bond acceptors (Lipinski definition) is 5. The van der Waals surface area contributed by atoms with Gasteiger partial charge in [-0.1, -0.05) is 24.3 Å². The number of carbonyl (C=O) groups is 2. The molecule has 2 aromatic carbocycles. The van der Waals surface area contributed by atoms with E-state index in [0.29, 0.717) is 29.4 Å². The van der Waals surface area contributed by atoms with Gasteiger partial charge in [-0.05, 0) is 36.8 Å². The van der Waals surface area contributed by atoms with E-state index in [-0.39, 0.29) is 11.8 Å².